The topological polar surface area (TPSA) is 64.6 Å². The Balaban J connectivity index is 1.07. The molecule has 8 rings (SSSR count). The molecule has 4 bridgehead atoms. The van der Waals surface area contributed by atoms with E-state index in [1.54, 1.807) is 0 Å². The normalized spacial score (nSPS) is 30.6. The minimum atomic E-state index is -0.0248. The standard InChI is InChI=1S/C38H54N6O/c1-26(2)32-14-15-34(42-17-18-43(36(42)45)38-22-28-10-7-11-29(23-38)20-31(19-28)24-38)41-35(32)44-25-30(21-37(44,4)5)12-8-16-39-33-13-6-9-27(3)40-33/h6,9,13-15,28-31H,1,7-8,10-12,16-25H2,2-5H3,(H,39,40)/t28?,29?,30-,31?,38?/m0/s1. The van der Waals surface area contributed by atoms with E-state index >= 15 is 0 Å². The van der Waals surface area contributed by atoms with Crippen LogP contribution in [0.25, 0.3) is 5.57 Å². The molecular weight excluding hydrogens is 556 g/mol. The number of aromatic nitrogens is 2. The second kappa shape index (κ2) is 11.9. The van der Waals surface area contributed by atoms with E-state index in [0.717, 1.165) is 97.5 Å². The number of rotatable bonds is 9. The van der Waals surface area contributed by atoms with Crippen molar-refractivity contribution in [2.75, 3.05) is 41.3 Å². The Morgan fingerprint density at radius 1 is 0.978 bits per heavy atom. The van der Waals surface area contributed by atoms with Gasteiger partial charge in [0.15, 0.2) is 0 Å². The van der Waals surface area contributed by atoms with Crippen molar-refractivity contribution >= 4 is 29.1 Å². The SMILES string of the molecule is C=C(C)c1ccc(N2CCN(C34CC5CCCC(CC(C5)C3)C4)C2=O)nc1N1C[C@@H](CCCNc2cccc(C)n2)CC1(C)C. The Hall–Kier alpha value is -3.09. The smallest absolute Gasteiger partial charge is 0.326 e. The van der Waals surface area contributed by atoms with Gasteiger partial charge in [0.25, 0.3) is 0 Å². The summed E-state index contributed by atoms with van der Waals surface area (Å²) in [6, 6.07) is 10.5. The zero-order chi connectivity index (χ0) is 31.3. The minimum Gasteiger partial charge on any atom is -0.370 e. The summed E-state index contributed by atoms with van der Waals surface area (Å²) in [6.45, 7) is 16.6. The van der Waals surface area contributed by atoms with Crippen LogP contribution in [0.2, 0.25) is 0 Å². The summed E-state index contributed by atoms with van der Waals surface area (Å²) < 4.78 is 0. The maximum Gasteiger partial charge on any atom is 0.326 e. The molecule has 0 spiro atoms. The average molecular weight is 611 g/mol. The van der Waals surface area contributed by atoms with Gasteiger partial charge in [-0.15, -0.1) is 0 Å². The number of fused-ring (bicyclic) bond motifs is 2. The lowest BCUT2D eigenvalue weighted by Crippen LogP contribution is -2.58. The van der Waals surface area contributed by atoms with Crippen LogP contribution in [-0.2, 0) is 0 Å². The molecule has 6 aliphatic rings. The molecule has 6 fully saturated rings. The molecule has 2 aliphatic heterocycles. The van der Waals surface area contributed by atoms with Crippen molar-refractivity contribution in [1.29, 1.82) is 0 Å². The number of carbonyl (C=O) groups excluding carboxylic acids is 1. The van der Waals surface area contributed by atoms with Crippen LogP contribution in [0.15, 0.2) is 36.9 Å². The largest absolute Gasteiger partial charge is 0.370 e. The van der Waals surface area contributed by atoms with E-state index in [-0.39, 0.29) is 17.1 Å². The number of pyridine rings is 2. The van der Waals surface area contributed by atoms with Gasteiger partial charge in [-0.3, -0.25) is 4.90 Å². The summed E-state index contributed by atoms with van der Waals surface area (Å²) in [5.41, 5.74) is 3.20. The molecule has 45 heavy (non-hydrogen) atoms. The Morgan fingerprint density at radius 2 is 1.73 bits per heavy atom. The van der Waals surface area contributed by atoms with Crippen LogP contribution in [0.3, 0.4) is 0 Å². The first-order valence-corrected chi connectivity index (χ1v) is 17.8. The molecular formula is C38H54N6O. The van der Waals surface area contributed by atoms with Gasteiger partial charge in [0.2, 0.25) is 0 Å². The number of carbonyl (C=O) groups is 1. The molecule has 0 radical (unpaired) electrons. The third-order valence-corrected chi connectivity index (χ3v) is 11.9. The number of amides is 2. The quantitative estimate of drug-likeness (QED) is 0.289. The van der Waals surface area contributed by atoms with Gasteiger partial charge in [-0.05, 0) is 133 Å². The highest BCUT2D eigenvalue weighted by Gasteiger charge is 2.54. The number of anilines is 3. The molecule has 2 aromatic heterocycles. The van der Waals surface area contributed by atoms with Gasteiger partial charge in [-0.2, -0.15) is 0 Å². The molecule has 7 nitrogen and oxygen atoms in total. The molecule has 4 aliphatic carbocycles. The average Bonchev–Trinajstić information content (AvgIpc) is 3.52. The van der Waals surface area contributed by atoms with Gasteiger partial charge in [-0.25, -0.2) is 14.8 Å². The third kappa shape index (κ3) is 5.96. The van der Waals surface area contributed by atoms with Crippen LogP contribution >= 0.6 is 0 Å². The number of urea groups is 1. The van der Waals surface area contributed by atoms with E-state index in [1.807, 2.05) is 24.0 Å². The van der Waals surface area contributed by atoms with Crippen molar-refractivity contribution in [1.82, 2.24) is 14.9 Å². The number of hydrogen-bond acceptors (Lipinski definition) is 5. The molecule has 2 amide bonds. The molecule has 4 heterocycles. The molecule has 2 saturated heterocycles. The second-order valence-corrected chi connectivity index (χ2v) is 16.0. The van der Waals surface area contributed by atoms with E-state index in [9.17, 15) is 4.79 Å². The summed E-state index contributed by atoms with van der Waals surface area (Å²) in [5, 5.41) is 3.50. The monoisotopic (exact) mass is 610 g/mol. The Labute approximate surface area is 270 Å². The summed E-state index contributed by atoms with van der Waals surface area (Å²) in [7, 11) is 0. The fourth-order valence-corrected chi connectivity index (χ4v) is 10.2. The van der Waals surface area contributed by atoms with Gasteiger partial charge in [0.05, 0.1) is 0 Å². The van der Waals surface area contributed by atoms with Crippen molar-refractivity contribution in [3.63, 3.8) is 0 Å². The summed E-state index contributed by atoms with van der Waals surface area (Å²) >= 11 is 0. The van der Waals surface area contributed by atoms with E-state index in [4.69, 9.17) is 4.98 Å². The van der Waals surface area contributed by atoms with Gasteiger partial charge in [0.1, 0.15) is 17.5 Å². The van der Waals surface area contributed by atoms with E-state index in [0.29, 0.717) is 5.92 Å². The van der Waals surface area contributed by atoms with E-state index < -0.39 is 0 Å². The number of aryl methyl sites for hydroxylation is 1. The number of nitrogens with zero attached hydrogens (tertiary/aromatic N) is 5. The zero-order valence-corrected chi connectivity index (χ0v) is 28.2. The third-order valence-electron chi connectivity index (χ3n) is 11.9. The first kappa shape index (κ1) is 30.6. The van der Waals surface area contributed by atoms with Gasteiger partial charge >= 0.3 is 6.03 Å². The molecule has 4 saturated carbocycles. The van der Waals surface area contributed by atoms with E-state index in [2.05, 4.69) is 65.6 Å². The molecule has 3 atom stereocenters. The highest BCUT2D eigenvalue weighted by Crippen LogP contribution is 2.55. The number of nitrogens with one attached hydrogen (secondary N) is 1. The minimum absolute atomic E-state index is 0.0248. The maximum absolute atomic E-state index is 14.3. The molecule has 0 aromatic carbocycles. The van der Waals surface area contributed by atoms with E-state index in [1.165, 1.54) is 51.4 Å². The van der Waals surface area contributed by atoms with Crippen LogP contribution in [0.1, 0.15) is 103 Å². The Kier molecular flexibility index (Phi) is 8.10. The predicted octanol–water partition coefficient (Wildman–Crippen LogP) is 8.31. The van der Waals surface area contributed by atoms with Crippen LogP contribution in [0.4, 0.5) is 22.2 Å². The van der Waals surface area contributed by atoms with Crippen LogP contribution in [0, 0.1) is 30.6 Å². The highest BCUT2D eigenvalue weighted by atomic mass is 16.2. The van der Waals surface area contributed by atoms with Crippen LogP contribution < -0.4 is 15.1 Å². The fraction of sp³-hybridized carbons (Fsp3) is 0.658. The molecule has 7 heteroatoms. The van der Waals surface area contributed by atoms with Crippen molar-refractivity contribution in [3.05, 3.63) is 48.2 Å². The predicted molar refractivity (Wildman–Crippen MR) is 185 cm³/mol. The fourth-order valence-electron chi connectivity index (χ4n) is 10.2. The van der Waals surface area contributed by atoms with Gasteiger partial charge in [-0.1, -0.05) is 31.9 Å². The lowest BCUT2D eigenvalue weighted by Gasteiger charge is -2.56. The van der Waals surface area contributed by atoms with Crippen molar-refractivity contribution in [2.24, 2.45) is 23.7 Å². The van der Waals surface area contributed by atoms with Crippen molar-refractivity contribution in [3.8, 4) is 0 Å². The lowest BCUT2D eigenvalue weighted by atomic mass is 9.57. The summed E-state index contributed by atoms with van der Waals surface area (Å²) in [4.78, 5) is 31.0. The number of allylic oxidation sites excluding steroid dienone is 1. The molecule has 2 unspecified atom stereocenters. The zero-order valence-electron chi connectivity index (χ0n) is 28.2. The summed E-state index contributed by atoms with van der Waals surface area (Å²) in [6.07, 6.45) is 13.9. The number of hydrogen-bond donors (Lipinski definition) is 1. The lowest BCUT2D eigenvalue weighted by molar-refractivity contribution is -0.0300. The highest BCUT2D eigenvalue weighted by molar-refractivity contribution is 5.94. The Morgan fingerprint density at radius 3 is 2.47 bits per heavy atom. The van der Waals surface area contributed by atoms with Crippen molar-refractivity contribution in [2.45, 2.75) is 109 Å². The maximum atomic E-state index is 14.3. The molecule has 2 aromatic rings. The van der Waals surface area contributed by atoms with Crippen molar-refractivity contribution < 1.29 is 4.79 Å². The molecule has 242 valence electrons. The second-order valence-electron chi connectivity index (χ2n) is 16.0. The van der Waals surface area contributed by atoms with Gasteiger partial charge in [0, 0.05) is 48.5 Å². The van der Waals surface area contributed by atoms with Crippen LogP contribution in [0.5, 0.6) is 0 Å². The first-order chi connectivity index (χ1) is 21.6. The molecule has 1 N–H and O–H groups in total. The Bertz CT molecular complexity index is 1420. The van der Waals surface area contributed by atoms with Gasteiger partial charge < -0.3 is 15.1 Å². The first-order valence-electron chi connectivity index (χ1n) is 17.8. The summed E-state index contributed by atoms with van der Waals surface area (Å²) in [5.74, 6) is 5.74. The van der Waals surface area contributed by atoms with Crippen LogP contribution in [-0.4, -0.2) is 58.2 Å².